The van der Waals surface area contributed by atoms with E-state index in [4.69, 9.17) is 27.8 Å². The van der Waals surface area contributed by atoms with Crippen molar-refractivity contribution in [1.29, 1.82) is 0 Å². The number of likely N-dealkylation sites (N-methyl/N-ethyl adjacent to an activating group) is 1. The lowest BCUT2D eigenvalue weighted by atomic mass is 9.98. The van der Waals surface area contributed by atoms with Gasteiger partial charge in [0.05, 0.1) is 0 Å². The molecule has 200 valence electrons. The quantitative estimate of drug-likeness (QED) is 0.154. The van der Waals surface area contributed by atoms with E-state index >= 15 is 0 Å². The maximum Gasteiger partial charge on any atom is 0.352 e. The number of fused-ring (bicyclic) bond motifs is 1. The largest absolute Gasteiger partial charge is 0.480 e. The van der Waals surface area contributed by atoms with Gasteiger partial charge in [0.15, 0.2) is 0 Å². The van der Waals surface area contributed by atoms with E-state index in [1.807, 2.05) is 0 Å². The number of β-lactam (4-membered cyclic amide) rings is 1. The Labute approximate surface area is 222 Å². The Morgan fingerprint density at radius 1 is 1.31 bits per heavy atom. The topological polar surface area (TPSA) is 166 Å². The number of carboxylic acid groups (broad SMARTS) is 2. The molecule has 0 radical (unpaired) electrons. The van der Waals surface area contributed by atoms with Crippen LogP contribution in [0.4, 0.5) is 0 Å². The summed E-state index contributed by atoms with van der Waals surface area (Å²) in [5.74, 6) is -2.89. The summed E-state index contributed by atoms with van der Waals surface area (Å²) >= 11 is 8.24. The molecule has 0 aliphatic carbocycles. The van der Waals surface area contributed by atoms with Crippen molar-refractivity contribution >= 4 is 63.8 Å². The first-order valence-electron chi connectivity index (χ1n) is 11.4. The van der Waals surface area contributed by atoms with Crippen LogP contribution in [0.1, 0.15) is 19.3 Å². The van der Waals surface area contributed by atoms with Crippen LogP contribution in [0.25, 0.3) is 0 Å². The van der Waals surface area contributed by atoms with Crippen LogP contribution in [0.15, 0.2) is 11.3 Å². The van der Waals surface area contributed by atoms with Crippen molar-refractivity contribution in [3.63, 3.8) is 0 Å². The van der Waals surface area contributed by atoms with Crippen molar-refractivity contribution < 1.29 is 34.1 Å². The fourth-order valence-electron chi connectivity index (χ4n) is 4.16. The molecule has 0 bridgehead atoms. The molecule has 3 heterocycles. The van der Waals surface area contributed by atoms with E-state index in [0.29, 0.717) is 21.4 Å². The predicted molar refractivity (Wildman–Crippen MR) is 139 cm³/mol. The Kier molecular flexibility index (Phi) is 9.62. The minimum Gasteiger partial charge on any atom is -0.480 e. The maximum absolute atomic E-state index is 13.2. The Hall–Kier alpha value is -1.91. The third kappa shape index (κ3) is 5.97. The summed E-state index contributed by atoms with van der Waals surface area (Å²) in [5, 5.41) is 20.6. The molecule has 5 N–H and O–H groups in total. The molecule has 15 heteroatoms. The van der Waals surface area contributed by atoms with Gasteiger partial charge < -0.3 is 35.8 Å². The SMILES string of the molecule is CO[C@@]1(NC(=O)CCCC(N)C(=O)O)C(=O)N2C(C(=O)O)=C(CSC(=S)N3CCN(C)CC3)CS[C@H]21. The lowest BCUT2D eigenvalue weighted by molar-refractivity contribution is -0.192. The summed E-state index contributed by atoms with van der Waals surface area (Å²) in [6.45, 7) is 3.43. The molecule has 3 atom stereocenters. The van der Waals surface area contributed by atoms with Gasteiger partial charge in [0.25, 0.3) is 11.6 Å². The predicted octanol–water partition coefficient (Wildman–Crippen LogP) is -0.453. The van der Waals surface area contributed by atoms with Gasteiger partial charge in [0, 0.05) is 51.2 Å². The number of methoxy groups -OCH3 is 1. The number of carbonyl (C=O) groups is 4. The van der Waals surface area contributed by atoms with E-state index in [2.05, 4.69) is 22.2 Å². The molecule has 3 aliphatic heterocycles. The summed E-state index contributed by atoms with van der Waals surface area (Å²) in [5.41, 5.74) is 4.24. The highest BCUT2D eigenvalue weighted by Gasteiger charge is 2.66. The number of hydrogen-bond donors (Lipinski definition) is 4. The van der Waals surface area contributed by atoms with Gasteiger partial charge in [-0.15, -0.1) is 11.8 Å². The normalized spacial score (nSPS) is 25.2. The fraction of sp³-hybridized carbons (Fsp3) is 0.667. The zero-order valence-electron chi connectivity index (χ0n) is 20.1. The zero-order chi connectivity index (χ0) is 26.6. The average molecular weight is 562 g/mol. The van der Waals surface area contributed by atoms with Gasteiger partial charge in [-0.05, 0) is 25.5 Å². The number of nitrogens with one attached hydrogen (secondary N) is 1. The molecule has 0 aromatic rings. The molecule has 1 unspecified atom stereocenters. The fourth-order valence-corrected chi connectivity index (χ4v) is 6.99. The number of carboxylic acids is 2. The number of nitrogens with two attached hydrogens (primary N) is 1. The van der Waals surface area contributed by atoms with Crippen molar-refractivity contribution in [2.75, 3.05) is 51.8 Å². The highest BCUT2D eigenvalue weighted by molar-refractivity contribution is 8.23. The highest BCUT2D eigenvalue weighted by atomic mass is 32.2. The lowest BCUT2D eigenvalue weighted by Crippen LogP contribution is -2.80. The molecule has 0 spiro atoms. The Morgan fingerprint density at radius 3 is 2.56 bits per heavy atom. The molecule has 2 fully saturated rings. The number of nitrogens with zero attached hydrogens (tertiary/aromatic N) is 3. The summed E-state index contributed by atoms with van der Waals surface area (Å²) in [6, 6.07) is -1.08. The van der Waals surface area contributed by atoms with Crippen molar-refractivity contribution in [3.05, 3.63) is 11.3 Å². The molecule has 0 aromatic carbocycles. The summed E-state index contributed by atoms with van der Waals surface area (Å²) in [6.07, 6.45) is 0.261. The van der Waals surface area contributed by atoms with Gasteiger partial charge in [-0.1, -0.05) is 24.0 Å². The number of piperazine rings is 1. The second kappa shape index (κ2) is 12.1. The lowest BCUT2D eigenvalue weighted by Gasteiger charge is -2.55. The average Bonchev–Trinajstić information content (AvgIpc) is 2.85. The Balaban J connectivity index is 1.65. The second-order valence-corrected chi connectivity index (χ2v) is 11.4. The molecule has 36 heavy (non-hydrogen) atoms. The Bertz CT molecular complexity index is 956. The molecule has 0 aromatic heterocycles. The first kappa shape index (κ1) is 28.7. The summed E-state index contributed by atoms with van der Waals surface area (Å²) in [7, 11) is 3.33. The second-order valence-electron chi connectivity index (χ2n) is 8.77. The zero-order valence-corrected chi connectivity index (χ0v) is 22.5. The molecular weight excluding hydrogens is 530 g/mol. The van der Waals surface area contributed by atoms with E-state index in [1.165, 1.54) is 30.6 Å². The standard InChI is InChI=1S/C21H31N5O7S3/c1-24-6-8-25(9-7-24)20(34)36-11-12-10-35-19-21(33-2,18(32)26(19)15(12)17(30)31)23-14(27)5-3-4-13(22)16(28)29/h13,19H,3-11,22H2,1-2H3,(H,23,27)(H,28,29)(H,30,31)/t13?,19-,21-/m0/s1. The van der Waals surface area contributed by atoms with Crippen molar-refractivity contribution in [2.45, 2.75) is 36.4 Å². The summed E-state index contributed by atoms with van der Waals surface area (Å²) < 4.78 is 6.12. The molecule has 2 amide bonds. The molecule has 12 nitrogen and oxygen atoms in total. The van der Waals surface area contributed by atoms with Gasteiger partial charge in [0.2, 0.25) is 5.91 Å². The minimum atomic E-state index is -1.69. The first-order chi connectivity index (χ1) is 17.0. The van der Waals surface area contributed by atoms with Crippen LogP contribution >= 0.6 is 35.7 Å². The monoisotopic (exact) mass is 561 g/mol. The van der Waals surface area contributed by atoms with Crippen LogP contribution in [-0.4, -0.2) is 122 Å². The van der Waals surface area contributed by atoms with Crippen LogP contribution < -0.4 is 11.1 Å². The molecule has 3 aliphatic rings. The number of hydrogen-bond acceptors (Lipinski definition) is 10. The smallest absolute Gasteiger partial charge is 0.352 e. The van der Waals surface area contributed by atoms with Crippen molar-refractivity contribution in [3.8, 4) is 0 Å². The van der Waals surface area contributed by atoms with Gasteiger partial charge in [0.1, 0.15) is 21.4 Å². The number of thiocarbonyl (C=S) groups is 1. The number of rotatable bonds is 10. The van der Waals surface area contributed by atoms with E-state index in [1.54, 1.807) is 0 Å². The maximum atomic E-state index is 13.2. The van der Waals surface area contributed by atoms with Gasteiger partial charge in [-0.25, -0.2) is 4.79 Å². The van der Waals surface area contributed by atoms with E-state index in [9.17, 15) is 24.3 Å². The summed E-state index contributed by atoms with van der Waals surface area (Å²) in [4.78, 5) is 54.1. The van der Waals surface area contributed by atoms with Crippen LogP contribution in [0.5, 0.6) is 0 Å². The number of thioether (sulfide) groups is 2. The third-order valence-electron chi connectivity index (χ3n) is 6.33. The van der Waals surface area contributed by atoms with Crippen LogP contribution in [0.2, 0.25) is 0 Å². The highest BCUT2D eigenvalue weighted by Crippen LogP contribution is 2.47. The molecule has 2 saturated heterocycles. The minimum absolute atomic E-state index is 0.0516. The number of amides is 2. The first-order valence-corrected chi connectivity index (χ1v) is 13.8. The van der Waals surface area contributed by atoms with Crippen molar-refractivity contribution in [2.24, 2.45) is 5.73 Å². The van der Waals surface area contributed by atoms with Crippen LogP contribution in [-0.2, 0) is 23.9 Å². The number of ether oxygens (including phenoxy) is 1. The molecule has 0 saturated carbocycles. The van der Waals surface area contributed by atoms with Gasteiger partial charge in [-0.2, -0.15) is 0 Å². The number of carbonyl (C=O) groups excluding carboxylic acids is 2. The number of aliphatic carboxylic acids is 2. The van der Waals surface area contributed by atoms with Crippen LogP contribution in [0.3, 0.4) is 0 Å². The molecular formula is C21H31N5O7S3. The van der Waals surface area contributed by atoms with Gasteiger partial charge in [-0.3, -0.25) is 19.3 Å². The van der Waals surface area contributed by atoms with E-state index in [0.717, 1.165) is 31.1 Å². The van der Waals surface area contributed by atoms with Crippen molar-refractivity contribution in [1.82, 2.24) is 20.0 Å². The van der Waals surface area contributed by atoms with Crippen LogP contribution in [0, 0.1) is 0 Å². The third-order valence-corrected chi connectivity index (χ3v) is 9.31. The molecule has 3 rings (SSSR count). The van der Waals surface area contributed by atoms with E-state index in [-0.39, 0.29) is 25.0 Å². The van der Waals surface area contributed by atoms with Gasteiger partial charge >= 0.3 is 11.9 Å². The Morgan fingerprint density at radius 2 is 1.97 bits per heavy atom. The van der Waals surface area contributed by atoms with E-state index < -0.39 is 40.9 Å².